The van der Waals surface area contributed by atoms with Gasteiger partial charge in [-0.2, -0.15) is 0 Å². The first-order valence-corrected chi connectivity index (χ1v) is 7.01. The van der Waals surface area contributed by atoms with E-state index in [-0.39, 0.29) is 12.4 Å². The minimum Gasteiger partial charge on any atom is -0.488 e. The molecule has 20 heavy (non-hydrogen) atoms. The number of halogens is 1. The molecule has 0 saturated carbocycles. The predicted molar refractivity (Wildman–Crippen MR) is 80.6 cm³/mol. The average Bonchev–Trinajstić information content (AvgIpc) is 2.47. The number of hydrogen-bond acceptors (Lipinski definition) is 3. The second kappa shape index (κ2) is 7.10. The Bertz CT molecular complexity index is 596. The zero-order valence-electron chi connectivity index (χ0n) is 11.1. The summed E-state index contributed by atoms with van der Waals surface area (Å²) in [7, 11) is 1.39. The zero-order valence-corrected chi connectivity index (χ0v) is 12.7. The molecule has 0 spiro atoms. The lowest BCUT2D eigenvalue weighted by molar-refractivity contribution is -0.139. The molecule has 2 rings (SSSR count). The summed E-state index contributed by atoms with van der Waals surface area (Å²) >= 11 is 3.44. The highest BCUT2D eigenvalue weighted by atomic mass is 79.9. The highest BCUT2D eigenvalue weighted by Gasteiger charge is 2.08. The standard InChI is InChI=1S/C16H15BrO3/c1-19-16(18)10-12-6-2-3-7-13(12)11-20-15-9-5-4-8-14(15)17/h2-9H,10-11H2,1H3. The van der Waals surface area contributed by atoms with Crippen LogP contribution in [0.4, 0.5) is 0 Å². The van der Waals surface area contributed by atoms with Crippen molar-refractivity contribution in [3.63, 3.8) is 0 Å². The molecule has 0 atom stereocenters. The smallest absolute Gasteiger partial charge is 0.309 e. The molecule has 0 saturated heterocycles. The Morgan fingerprint density at radius 1 is 1.05 bits per heavy atom. The van der Waals surface area contributed by atoms with Gasteiger partial charge in [0.25, 0.3) is 0 Å². The number of benzene rings is 2. The van der Waals surface area contributed by atoms with E-state index in [1.807, 2.05) is 48.5 Å². The summed E-state index contributed by atoms with van der Waals surface area (Å²) in [4.78, 5) is 11.4. The van der Waals surface area contributed by atoms with Gasteiger partial charge in [0.2, 0.25) is 0 Å². The van der Waals surface area contributed by atoms with Gasteiger partial charge in [0, 0.05) is 0 Å². The fraction of sp³-hybridized carbons (Fsp3) is 0.188. The van der Waals surface area contributed by atoms with E-state index in [0.29, 0.717) is 6.61 Å². The van der Waals surface area contributed by atoms with Crippen molar-refractivity contribution in [2.24, 2.45) is 0 Å². The van der Waals surface area contributed by atoms with Crippen molar-refractivity contribution < 1.29 is 14.3 Å². The monoisotopic (exact) mass is 334 g/mol. The topological polar surface area (TPSA) is 35.5 Å². The van der Waals surface area contributed by atoms with Crippen LogP contribution in [0.25, 0.3) is 0 Å². The quantitative estimate of drug-likeness (QED) is 0.781. The molecule has 104 valence electrons. The van der Waals surface area contributed by atoms with Gasteiger partial charge in [-0.1, -0.05) is 36.4 Å². The molecule has 2 aromatic carbocycles. The van der Waals surface area contributed by atoms with E-state index in [2.05, 4.69) is 15.9 Å². The minimum atomic E-state index is -0.252. The summed E-state index contributed by atoms with van der Waals surface area (Å²) in [5.74, 6) is 0.527. The summed E-state index contributed by atoms with van der Waals surface area (Å²) < 4.78 is 11.4. The average molecular weight is 335 g/mol. The lowest BCUT2D eigenvalue weighted by Gasteiger charge is -2.11. The molecule has 0 N–H and O–H groups in total. The third-order valence-corrected chi connectivity index (χ3v) is 3.56. The molecular weight excluding hydrogens is 320 g/mol. The molecule has 0 fully saturated rings. The molecule has 0 aromatic heterocycles. The minimum absolute atomic E-state index is 0.252. The normalized spacial score (nSPS) is 10.1. The summed E-state index contributed by atoms with van der Waals surface area (Å²) in [6.45, 7) is 0.412. The molecule has 2 aromatic rings. The third-order valence-electron chi connectivity index (χ3n) is 2.90. The highest BCUT2D eigenvalue weighted by Crippen LogP contribution is 2.25. The van der Waals surface area contributed by atoms with Crippen molar-refractivity contribution in [3.8, 4) is 5.75 Å². The van der Waals surface area contributed by atoms with E-state index in [4.69, 9.17) is 9.47 Å². The molecule has 4 heteroatoms. The molecule has 0 unspecified atom stereocenters. The van der Waals surface area contributed by atoms with E-state index in [9.17, 15) is 4.79 Å². The third kappa shape index (κ3) is 3.84. The summed E-state index contributed by atoms with van der Waals surface area (Å²) in [6, 6.07) is 15.4. The number of hydrogen-bond donors (Lipinski definition) is 0. The van der Waals surface area contributed by atoms with Crippen LogP contribution in [0.15, 0.2) is 53.0 Å². The van der Waals surface area contributed by atoms with Crippen LogP contribution in [-0.2, 0) is 22.6 Å². The molecule has 0 bridgehead atoms. The van der Waals surface area contributed by atoms with Crippen molar-refractivity contribution in [1.82, 2.24) is 0 Å². The van der Waals surface area contributed by atoms with Gasteiger partial charge in [-0.05, 0) is 39.2 Å². The maximum absolute atomic E-state index is 11.4. The number of carbonyl (C=O) groups is 1. The Balaban J connectivity index is 2.10. The number of methoxy groups -OCH3 is 1. The van der Waals surface area contributed by atoms with Crippen LogP contribution >= 0.6 is 15.9 Å². The molecule has 0 radical (unpaired) electrons. The fourth-order valence-electron chi connectivity index (χ4n) is 1.82. The molecule has 0 aliphatic heterocycles. The molecule has 0 heterocycles. The number of ether oxygens (including phenoxy) is 2. The van der Waals surface area contributed by atoms with Crippen LogP contribution in [0.3, 0.4) is 0 Å². The summed E-state index contributed by atoms with van der Waals surface area (Å²) in [5.41, 5.74) is 1.90. The molecule has 0 aliphatic carbocycles. The van der Waals surface area contributed by atoms with Crippen LogP contribution in [0.5, 0.6) is 5.75 Å². The Hall–Kier alpha value is -1.81. The van der Waals surface area contributed by atoms with Gasteiger partial charge in [-0.3, -0.25) is 4.79 Å². The molecule has 3 nitrogen and oxygen atoms in total. The Morgan fingerprint density at radius 3 is 2.40 bits per heavy atom. The Kier molecular flexibility index (Phi) is 5.18. The van der Waals surface area contributed by atoms with E-state index < -0.39 is 0 Å². The lowest BCUT2D eigenvalue weighted by atomic mass is 10.1. The van der Waals surface area contributed by atoms with Crippen molar-refractivity contribution in [3.05, 3.63) is 64.1 Å². The van der Waals surface area contributed by atoms with Crippen LogP contribution in [0.2, 0.25) is 0 Å². The summed E-state index contributed by atoms with van der Waals surface area (Å²) in [5, 5.41) is 0. The van der Waals surface area contributed by atoms with Crippen molar-refractivity contribution in [2.75, 3.05) is 7.11 Å². The SMILES string of the molecule is COC(=O)Cc1ccccc1COc1ccccc1Br. The Labute approximate surface area is 126 Å². The maximum atomic E-state index is 11.4. The van der Waals surface area contributed by atoms with E-state index in [0.717, 1.165) is 21.3 Å². The molecule has 0 aliphatic rings. The number of para-hydroxylation sites is 1. The van der Waals surface area contributed by atoms with E-state index in [1.54, 1.807) is 0 Å². The van der Waals surface area contributed by atoms with Crippen LogP contribution < -0.4 is 4.74 Å². The van der Waals surface area contributed by atoms with Gasteiger partial charge in [0.1, 0.15) is 12.4 Å². The van der Waals surface area contributed by atoms with Gasteiger partial charge >= 0.3 is 5.97 Å². The van der Waals surface area contributed by atoms with Crippen LogP contribution in [-0.4, -0.2) is 13.1 Å². The molecule has 0 amide bonds. The number of carbonyl (C=O) groups excluding carboxylic acids is 1. The predicted octanol–water partition coefficient (Wildman–Crippen LogP) is 3.74. The first-order valence-electron chi connectivity index (χ1n) is 6.21. The fourth-order valence-corrected chi connectivity index (χ4v) is 2.21. The largest absolute Gasteiger partial charge is 0.488 e. The second-order valence-electron chi connectivity index (χ2n) is 4.24. The van der Waals surface area contributed by atoms with Crippen molar-refractivity contribution in [1.29, 1.82) is 0 Å². The van der Waals surface area contributed by atoms with Gasteiger partial charge in [0.15, 0.2) is 0 Å². The highest BCUT2D eigenvalue weighted by molar-refractivity contribution is 9.10. The zero-order chi connectivity index (χ0) is 14.4. The number of rotatable bonds is 5. The van der Waals surface area contributed by atoms with Gasteiger partial charge in [-0.15, -0.1) is 0 Å². The van der Waals surface area contributed by atoms with Crippen LogP contribution in [0.1, 0.15) is 11.1 Å². The number of esters is 1. The maximum Gasteiger partial charge on any atom is 0.309 e. The van der Waals surface area contributed by atoms with E-state index in [1.165, 1.54) is 7.11 Å². The second-order valence-corrected chi connectivity index (χ2v) is 5.10. The Morgan fingerprint density at radius 2 is 1.70 bits per heavy atom. The van der Waals surface area contributed by atoms with Gasteiger partial charge in [-0.25, -0.2) is 0 Å². The molecular formula is C16H15BrO3. The summed E-state index contributed by atoms with van der Waals surface area (Å²) in [6.07, 6.45) is 0.256. The first-order chi connectivity index (χ1) is 9.70. The van der Waals surface area contributed by atoms with Crippen molar-refractivity contribution >= 4 is 21.9 Å². The van der Waals surface area contributed by atoms with Crippen molar-refractivity contribution in [2.45, 2.75) is 13.0 Å². The van der Waals surface area contributed by atoms with Crippen LogP contribution in [0, 0.1) is 0 Å². The lowest BCUT2D eigenvalue weighted by Crippen LogP contribution is -2.08. The van der Waals surface area contributed by atoms with E-state index >= 15 is 0 Å². The van der Waals surface area contributed by atoms with Gasteiger partial charge in [0.05, 0.1) is 18.0 Å². The first kappa shape index (κ1) is 14.6. The van der Waals surface area contributed by atoms with Gasteiger partial charge < -0.3 is 9.47 Å².